The number of benzene rings is 1. The highest BCUT2D eigenvalue weighted by Gasteiger charge is 2.23. The Morgan fingerprint density at radius 1 is 1.42 bits per heavy atom. The number of methoxy groups -OCH3 is 1. The van der Waals surface area contributed by atoms with E-state index in [1.165, 1.54) is 19.3 Å². The van der Waals surface area contributed by atoms with E-state index in [0.29, 0.717) is 11.8 Å². The van der Waals surface area contributed by atoms with Crippen molar-refractivity contribution in [3.8, 4) is 11.5 Å². The molecule has 0 saturated carbocycles. The molecule has 2 N–H and O–H groups in total. The van der Waals surface area contributed by atoms with Gasteiger partial charge in [-0.05, 0) is 32.5 Å². The highest BCUT2D eigenvalue weighted by atomic mass is 16.5. The van der Waals surface area contributed by atoms with Gasteiger partial charge in [0.05, 0.1) is 7.11 Å². The van der Waals surface area contributed by atoms with E-state index >= 15 is 0 Å². The molecule has 0 aliphatic carbocycles. The zero-order valence-electron chi connectivity index (χ0n) is 11.9. The molecule has 0 aromatic heterocycles. The number of rotatable bonds is 5. The maximum absolute atomic E-state index is 10.2. The van der Waals surface area contributed by atoms with E-state index in [2.05, 4.69) is 10.2 Å². The van der Waals surface area contributed by atoms with Crippen molar-refractivity contribution in [2.45, 2.75) is 31.8 Å². The van der Waals surface area contributed by atoms with Crippen molar-refractivity contribution in [1.82, 2.24) is 10.2 Å². The van der Waals surface area contributed by atoms with Crippen LogP contribution < -0.4 is 10.1 Å². The molecule has 0 amide bonds. The molecule has 1 aliphatic heterocycles. The summed E-state index contributed by atoms with van der Waals surface area (Å²) in [5.74, 6) is 0.832. The van der Waals surface area contributed by atoms with Crippen molar-refractivity contribution in [1.29, 1.82) is 0 Å². The maximum atomic E-state index is 10.2. The van der Waals surface area contributed by atoms with Crippen molar-refractivity contribution >= 4 is 0 Å². The van der Waals surface area contributed by atoms with Crippen molar-refractivity contribution in [3.63, 3.8) is 0 Å². The van der Waals surface area contributed by atoms with E-state index in [9.17, 15) is 5.11 Å². The Kier molecular flexibility index (Phi) is 5.05. The second kappa shape index (κ2) is 6.78. The monoisotopic (exact) mass is 264 g/mol. The Balaban J connectivity index is 2.10. The number of hydrogen-bond donors (Lipinski definition) is 2. The molecule has 0 spiro atoms. The van der Waals surface area contributed by atoms with Crippen LogP contribution in [0, 0.1) is 0 Å². The predicted octanol–water partition coefficient (Wildman–Crippen LogP) is 1.97. The van der Waals surface area contributed by atoms with Gasteiger partial charge in [0, 0.05) is 24.7 Å². The lowest BCUT2D eigenvalue weighted by Crippen LogP contribution is -2.44. The smallest absolute Gasteiger partial charge is 0.162 e. The molecule has 19 heavy (non-hydrogen) atoms. The van der Waals surface area contributed by atoms with Crippen molar-refractivity contribution in [3.05, 3.63) is 23.8 Å². The van der Waals surface area contributed by atoms with Crippen molar-refractivity contribution in [2.75, 3.05) is 27.2 Å². The molecule has 4 nitrogen and oxygen atoms in total. The average molecular weight is 264 g/mol. The molecule has 1 aliphatic rings. The molecular weight excluding hydrogens is 240 g/mol. The fourth-order valence-corrected chi connectivity index (χ4v) is 2.81. The van der Waals surface area contributed by atoms with Crippen LogP contribution >= 0.6 is 0 Å². The minimum absolute atomic E-state index is 0.277. The lowest BCUT2D eigenvalue weighted by Gasteiger charge is -2.35. The van der Waals surface area contributed by atoms with E-state index in [1.807, 2.05) is 19.2 Å². The Bertz CT molecular complexity index is 407. The number of ether oxygens (including phenoxy) is 1. The Morgan fingerprint density at radius 3 is 3.00 bits per heavy atom. The first kappa shape index (κ1) is 14.2. The van der Waals surface area contributed by atoms with Gasteiger partial charge >= 0.3 is 0 Å². The third-order valence-electron chi connectivity index (χ3n) is 3.86. The first-order chi connectivity index (χ1) is 9.26. The van der Waals surface area contributed by atoms with Gasteiger partial charge in [-0.2, -0.15) is 0 Å². The number of piperidine rings is 1. The van der Waals surface area contributed by atoms with Crippen LogP contribution in [0.25, 0.3) is 0 Å². The van der Waals surface area contributed by atoms with Crippen LogP contribution in [0.1, 0.15) is 24.8 Å². The van der Waals surface area contributed by atoms with Gasteiger partial charge in [0.2, 0.25) is 0 Å². The number of phenolic OH excluding ortho intramolecular Hbond substituents is 1. The number of hydrogen-bond acceptors (Lipinski definition) is 4. The topological polar surface area (TPSA) is 44.7 Å². The Labute approximate surface area is 115 Å². The molecule has 2 rings (SSSR count). The third kappa shape index (κ3) is 3.39. The summed E-state index contributed by atoms with van der Waals surface area (Å²) in [6.07, 6.45) is 3.77. The number of likely N-dealkylation sites (N-methyl/N-ethyl adjacent to an activating group) is 1. The predicted molar refractivity (Wildman–Crippen MR) is 76.6 cm³/mol. The van der Waals surface area contributed by atoms with Gasteiger partial charge in [-0.15, -0.1) is 0 Å². The molecule has 1 fully saturated rings. The number of nitrogens with zero attached hydrogens (tertiary/aromatic N) is 1. The Hall–Kier alpha value is -1.26. The fourth-order valence-electron chi connectivity index (χ4n) is 2.81. The number of likely N-dealkylation sites (tertiary alicyclic amines) is 1. The average Bonchev–Trinajstić information content (AvgIpc) is 2.43. The Morgan fingerprint density at radius 2 is 2.26 bits per heavy atom. The van der Waals surface area contributed by atoms with Crippen LogP contribution in [0.2, 0.25) is 0 Å². The minimum atomic E-state index is 0.277. The molecule has 4 heteroatoms. The highest BCUT2D eigenvalue weighted by Crippen LogP contribution is 2.31. The van der Waals surface area contributed by atoms with Crippen LogP contribution in [-0.2, 0) is 6.54 Å². The first-order valence-electron chi connectivity index (χ1n) is 6.99. The van der Waals surface area contributed by atoms with E-state index in [4.69, 9.17) is 4.74 Å². The molecule has 1 aromatic rings. The van der Waals surface area contributed by atoms with Gasteiger partial charge in [0.25, 0.3) is 0 Å². The van der Waals surface area contributed by atoms with Crippen LogP contribution in [0.3, 0.4) is 0 Å². The summed E-state index contributed by atoms with van der Waals surface area (Å²) in [7, 11) is 3.58. The lowest BCUT2D eigenvalue weighted by atomic mass is 10.0. The number of nitrogens with one attached hydrogen (secondary N) is 1. The third-order valence-corrected chi connectivity index (χ3v) is 3.86. The summed E-state index contributed by atoms with van der Waals surface area (Å²) in [5, 5.41) is 13.4. The molecule has 0 radical (unpaired) electrons. The van der Waals surface area contributed by atoms with E-state index in [0.717, 1.165) is 25.2 Å². The fraction of sp³-hybridized carbons (Fsp3) is 0.600. The zero-order valence-corrected chi connectivity index (χ0v) is 11.9. The lowest BCUT2D eigenvalue weighted by molar-refractivity contribution is 0.138. The van der Waals surface area contributed by atoms with E-state index in [1.54, 1.807) is 13.2 Å². The number of para-hydroxylation sites is 1. The largest absolute Gasteiger partial charge is 0.504 e. The summed E-state index contributed by atoms with van der Waals surface area (Å²) < 4.78 is 5.17. The molecule has 1 saturated heterocycles. The van der Waals surface area contributed by atoms with Crippen LogP contribution in [0.5, 0.6) is 11.5 Å². The molecule has 106 valence electrons. The first-order valence-corrected chi connectivity index (χ1v) is 6.99. The van der Waals surface area contributed by atoms with Crippen molar-refractivity contribution < 1.29 is 9.84 Å². The normalized spacial score (nSPS) is 20.4. The van der Waals surface area contributed by atoms with Crippen LogP contribution in [-0.4, -0.2) is 43.3 Å². The molecule has 0 bridgehead atoms. The molecule has 1 aromatic carbocycles. The second-order valence-electron chi connectivity index (χ2n) is 5.15. The van der Waals surface area contributed by atoms with Gasteiger partial charge < -0.3 is 15.2 Å². The summed E-state index contributed by atoms with van der Waals surface area (Å²) in [5.41, 5.74) is 0.947. The summed E-state index contributed by atoms with van der Waals surface area (Å²) in [6, 6.07) is 6.26. The van der Waals surface area contributed by atoms with E-state index < -0.39 is 0 Å². The van der Waals surface area contributed by atoms with Gasteiger partial charge in [0.1, 0.15) is 0 Å². The maximum Gasteiger partial charge on any atom is 0.162 e. The SMILES string of the molecule is CNCC1CCCCN1Cc1cccc(OC)c1O. The highest BCUT2D eigenvalue weighted by molar-refractivity contribution is 5.45. The van der Waals surface area contributed by atoms with Gasteiger partial charge in [0.15, 0.2) is 11.5 Å². The van der Waals surface area contributed by atoms with Gasteiger partial charge in [-0.1, -0.05) is 18.6 Å². The molecular formula is C15H24N2O2. The molecule has 1 heterocycles. The van der Waals surface area contributed by atoms with Gasteiger partial charge in [-0.25, -0.2) is 0 Å². The van der Waals surface area contributed by atoms with E-state index in [-0.39, 0.29) is 5.75 Å². The molecule has 1 atom stereocenters. The second-order valence-corrected chi connectivity index (χ2v) is 5.15. The summed E-state index contributed by atoms with van der Waals surface area (Å²) >= 11 is 0. The quantitative estimate of drug-likeness (QED) is 0.853. The number of phenols is 1. The standard InChI is InChI=1S/C15H24N2O2/c1-16-10-13-7-3-4-9-17(13)11-12-6-5-8-14(19-2)15(12)18/h5-6,8,13,16,18H,3-4,7,9-11H2,1-2H3. The van der Waals surface area contributed by atoms with Crippen LogP contribution in [0.15, 0.2) is 18.2 Å². The minimum Gasteiger partial charge on any atom is -0.504 e. The summed E-state index contributed by atoms with van der Waals surface area (Å²) in [4.78, 5) is 2.45. The number of aromatic hydroxyl groups is 1. The van der Waals surface area contributed by atoms with Crippen LogP contribution in [0.4, 0.5) is 0 Å². The summed E-state index contributed by atoms with van der Waals surface area (Å²) in [6.45, 7) is 2.89. The molecule has 1 unspecified atom stereocenters. The zero-order chi connectivity index (χ0) is 13.7. The van der Waals surface area contributed by atoms with Crippen molar-refractivity contribution in [2.24, 2.45) is 0 Å². The van der Waals surface area contributed by atoms with Gasteiger partial charge in [-0.3, -0.25) is 4.90 Å².